The molecule has 2 rings (SSSR count). The first-order valence-electron chi connectivity index (χ1n) is 6.60. The first-order valence-corrected chi connectivity index (χ1v) is 7.54. The largest absolute Gasteiger partial charge is 0.401 e. The van der Waals surface area contributed by atoms with E-state index in [4.69, 9.17) is 5.73 Å². The second-order valence-corrected chi connectivity index (χ2v) is 5.75. The summed E-state index contributed by atoms with van der Waals surface area (Å²) in [5, 5.41) is 6.53. The standard InChI is InChI=1S/C14H22N4S/c1-12(15)10-17-14-4-2-13(3-5-14)11-19-18-8-6-16-7-9-18/h2-5,10,16-17H,6-9,11,15H2,1H3/b12-10-. The predicted molar refractivity (Wildman–Crippen MR) is 83.7 cm³/mol. The van der Waals surface area contributed by atoms with Crippen molar-refractivity contribution in [2.45, 2.75) is 12.7 Å². The fraction of sp³-hybridized carbons (Fsp3) is 0.429. The van der Waals surface area contributed by atoms with E-state index in [9.17, 15) is 0 Å². The Morgan fingerprint density at radius 3 is 2.68 bits per heavy atom. The maximum Gasteiger partial charge on any atom is 0.0380 e. The van der Waals surface area contributed by atoms with E-state index in [2.05, 4.69) is 39.2 Å². The van der Waals surface area contributed by atoms with Gasteiger partial charge in [-0.1, -0.05) is 24.1 Å². The summed E-state index contributed by atoms with van der Waals surface area (Å²) in [6.07, 6.45) is 1.81. The van der Waals surface area contributed by atoms with Gasteiger partial charge < -0.3 is 16.4 Å². The van der Waals surface area contributed by atoms with Crippen LogP contribution in [0.3, 0.4) is 0 Å². The van der Waals surface area contributed by atoms with Crippen LogP contribution in [0.4, 0.5) is 5.69 Å². The maximum atomic E-state index is 5.59. The summed E-state index contributed by atoms with van der Waals surface area (Å²) in [5.74, 6) is 1.03. The van der Waals surface area contributed by atoms with Crippen LogP contribution in [-0.2, 0) is 5.75 Å². The molecule has 1 aromatic rings. The zero-order chi connectivity index (χ0) is 13.5. The van der Waals surface area contributed by atoms with Gasteiger partial charge in [0.25, 0.3) is 0 Å². The van der Waals surface area contributed by atoms with Crippen LogP contribution in [0.2, 0.25) is 0 Å². The number of benzene rings is 1. The van der Waals surface area contributed by atoms with E-state index in [0.717, 1.165) is 43.3 Å². The zero-order valence-corrected chi connectivity index (χ0v) is 12.2. The van der Waals surface area contributed by atoms with E-state index in [1.54, 1.807) is 0 Å². The van der Waals surface area contributed by atoms with Crippen molar-refractivity contribution >= 4 is 17.6 Å². The van der Waals surface area contributed by atoms with E-state index in [1.165, 1.54) is 5.56 Å². The summed E-state index contributed by atoms with van der Waals surface area (Å²) in [7, 11) is 0. The van der Waals surface area contributed by atoms with Crippen LogP contribution >= 0.6 is 11.9 Å². The Morgan fingerprint density at radius 1 is 1.37 bits per heavy atom. The highest BCUT2D eigenvalue weighted by Crippen LogP contribution is 2.19. The van der Waals surface area contributed by atoms with E-state index < -0.39 is 0 Å². The molecule has 4 nitrogen and oxygen atoms in total. The molecule has 104 valence electrons. The lowest BCUT2D eigenvalue weighted by Gasteiger charge is -2.25. The summed E-state index contributed by atoms with van der Waals surface area (Å²) in [6.45, 7) is 6.32. The lowest BCUT2D eigenvalue weighted by atomic mass is 10.2. The van der Waals surface area contributed by atoms with E-state index in [1.807, 2.05) is 25.1 Å². The topological polar surface area (TPSA) is 53.3 Å². The second-order valence-electron chi connectivity index (χ2n) is 4.68. The van der Waals surface area contributed by atoms with E-state index >= 15 is 0 Å². The number of hydrogen-bond acceptors (Lipinski definition) is 5. The molecule has 0 aliphatic carbocycles. The Morgan fingerprint density at radius 2 is 2.05 bits per heavy atom. The molecule has 1 heterocycles. The second kappa shape index (κ2) is 7.43. The fourth-order valence-corrected chi connectivity index (χ4v) is 2.80. The minimum Gasteiger partial charge on any atom is -0.401 e. The SMILES string of the molecule is C/C(N)=C/Nc1ccc(CSN2CCNCC2)cc1. The molecule has 0 unspecified atom stereocenters. The third-order valence-electron chi connectivity index (χ3n) is 2.91. The molecule has 0 saturated carbocycles. The number of hydrogen-bond donors (Lipinski definition) is 3. The van der Waals surface area contributed by atoms with Crippen molar-refractivity contribution in [3.8, 4) is 0 Å². The van der Waals surface area contributed by atoms with Gasteiger partial charge in [-0.2, -0.15) is 0 Å². The molecule has 1 aliphatic rings. The minimum atomic E-state index is 0.776. The number of rotatable bonds is 5. The van der Waals surface area contributed by atoms with Crippen molar-refractivity contribution in [2.24, 2.45) is 5.73 Å². The Balaban J connectivity index is 1.79. The van der Waals surface area contributed by atoms with Gasteiger partial charge in [-0.25, -0.2) is 4.31 Å². The molecular weight excluding hydrogens is 256 g/mol. The van der Waals surface area contributed by atoms with Gasteiger partial charge in [0, 0.05) is 49.5 Å². The minimum absolute atomic E-state index is 0.776. The molecule has 0 atom stereocenters. The molecule has 4 N–H and O–H groups in total. The van der Waals surface area contributed by atoms with Crippen LogP contribution in [0.25, 0.3) is 0 Å². The zero-order valence-electron chi connectivity index (χ0n) is 11.4. The average molecular weight is 278 g/mol. The number of anilines is 1. The lowest BCUT2D eigenvalue weighted by Crippen LogP contribution is -2.39. The number of piperazine rings is 1. The predicted octanol–water partition coefficient (Wildman–Crippen LogP) is 1.97. The summed E-state index contributed by atoms with van der Waals surface area (Å²) in [4.78, 5) is 0. The molecule has 0 bridgehead atoms. The monoisotopic (exact) mass is 278 g/mol. The molecule has 1 aromatic carbocycles. The van der Waals surface area contributed by atoms with Crippen molar-refractivity contribution in [3.05, 3.63) is 41.7 Å². The van der Waals surface area contributed by atoms with Gasteiger partial charge in [-0.15, -0.1) is 0 Å². The quantitative estimate of drug-likeness (QED) is 0.719. The van der Waals surface area contributed by atoms with Crippen LogP contribution in [0.5, 0.6) is 0 Å². The van der Waals surface area contributed by atoms with Gasteiger partial charge in [0.05, 0.1) is 0 Å². The number of allylic oxidation sites excluding steroid dienone is 1. The van der Waals surface area contributed by atoms with Gasteiger partial charge in [0.1, 0.15) is 0 Å². The first kappa shape index (κ1) is 14.2. The molecule has 1 saturated heterocycles. The number of nitrogens with zero attached hydrogens (tertiary/aromatic N) is 1. The van der Waals surface area contributed by atoms with Crippen LogP contribution in [0.1, 0.15) is 12.5 Å². The summed E-state index contributed by atoms with van der Waals surface area (Å²) in [5.41, 5.74) is 8.78. The molecule has 0 amide bonds. The molecular formula is C14H22N4S. The highest BCUT2D eigenvalue weighted by molar-refractivity contribution is 7.96. The smallest absolute Gasteiger partial charge is 0.0380 e. The highest BCUT2D eigenvalue weighted by Gasteiger charge is 2.09. The van der Waals surface area contributed by atoms with E-state index in [-0.39, 0.29) is 0 Å². The van der Waals surface area contributed by atoms with Gasteiger partial charge in [-0.05, 0) is 24.6 Å². The van der Waals surface area contributed by atoms with Gasteiger partial charge in [0.15, 0.2) is 0 Å². The Labute approximate surface area is 119 Å². The molecule has 0 radical (unpaired) electrons. The van der Waals surface area contributed by atoms with E-state index in [0.29, 0.717) is 0 Å². The Bertz CT molecular complexity index is 406. The fourth-order valence-electron chi connectivity index (χ4n) is 1.83. The number of nitrogens with two attached hydrogens (primary N) is 1. The third-order valence-corrected chi connectivity index (χ3v) is 4.10. The molecule has 0 spiro atoms. The average Bonchev–Trinajstić information content (AvgIpc) is 2.45. The van der Waals surface area contributed by atoms with Crippen molar-refractivity contribution < 1.29 is 0 Å². The summed E-state index contributed by atoms with van der Waals surface area (Å²) < 4.78 is 2.43. The summed E-state index contributed by atoms with van der Waals surface area (Å²) in [6, 6.07) is 8.51. The molecule has 5 heteroatoms. The molecule has 1 fully saturated rings. The van der Waals surface area contributed by atoms with Crippen molar-refractivity contribution in [2.75, 3.05) is 31.5 Å². The normalized spacial score (nSPS) is 17.4. The van der Waals surface area contributed by atoms with Crippen molar-refractivity contribution in [3.63, 3.8) is 0 Å². The van der Waals surface area contributed by atoms with Gasteiger partial charge >= 0.3 is 0 Å². The van der Waals surface area contributed by atoms with Crippen molar-refractivity contribution in [1.82, 2.24) is 9.62 Å². The molecule has 0 aromatic heterocycles. The Hall–Kier alpha value is -1.17. The van der Waals surface area contributed by atoms with Gasteiger partial charge in [-0.3, -0.25) is 0 Å². The van der Waals surface area contributed by atoms with Crippen molar-refractivity contribution in [1.29, 1.82) is 0 Å². The third kappa shape index (κ3) is 5.14. The van der Waals surface area contributed by atoms with Crippen LogP contribution in [0.15, 0.2) is 36.2 Å². The molecule has 19 heavy (non-hydrogen) atoms. The Kier molecular flexibility index (Phi) is 5.57. The first-order chi connectivity index (χ1) is 9.24. The van der Waals surface area contributed by atoms with Crippen LogP contribution < -0.4 is 16.4 Å². The maximum absolute atomic E-state index is 5.59. The highest BCUT2D eigenvalue weighted by atomic mass is 32.2. The summed E-state index contributed by atoms with van der Waals surface area (Å²) >= 11 is 1.92. The van der Waals surface area contributed by atoms with Crippen LogP contribution in [-0.4, -0.2) is 30.5 Å². The van der Waals surface area contributed by atoms with Crippen LogP contribution in [0, 0.1) is 0 Å². The molecule has 1 aliphatic heterocycles. The lowest BCUT2D eigenvalue weighted by molar-refractivity contribution is 0.396. The number of nitrogens with one attached hydrogen (secondary N) is 2. The van der Waals surface area contributed by atoms with Gasteiger partial charge in [0.2, 0.25) is 0 Å².